The van der Waals surface area contributed by atoms with E-state index in [9.17, 15) is 0 Å². The molecule has 0 aliphatic heterocycles. The Hall–Kier alpha value is -2.92. The molecular weight excluding hydrogens is 354 g/mol. The van der Waals surface area contributed by atoms with Gasteiger partial charge in [0, 0.05) is 10.4 Å². The van der Waals surface area contributed by atoms with Crippen LogP contribution in [0.3, 0.4) is 0 Å². The van der Waals surface area contributed by atoms with E-state index < -0.39 is 0 Å². The summed E-state index contributed by atoms with van der Waals surface area (Å²) in [5.74, 6) is 2.32. The van der Waals surface area contributed by atoms with Crippen molar-refractivity contribution in [1.29, 1.82) is 0 Å². The van der Waals surface area contributed by atoms with Crippen LogP contribution in [0.25, 0.3) is 21.6 Å². The Bertz CT molecular complexity index is 1090. The van der Waals surface area contributed by atoms with Crippen LogP contribution in [0.5, 0.6) is 5.75 Å². The van der Waals surface area contributed by atoms with E-state index in [2.05, 4.69) is 31.3 Å². The minimum atomic E-state index is 0.724. The zero-order valence-corrected chi connectivity index (χ0v) is 16.4. The third-order valence-electron chi connectivity index (χ3n) is 4.43. The summed E-state index contributed by atoms with van der Waals surface area (Å²) in [6.07, 6.45) is 0.981. The zero-order chi connectivity index (χ0) is 18.8. The van der Waals surface area contributed by atoms with Crippen molar-refractivity contribution in [3.63, 3.8) is 0 Å². The number of anilines is 2. The number of nitrogens with one attached hydrogen (secondary N) is 1. The second kappa shape index (κ2) is 7.37. The highest BCUT2D eigenvalue weighted by atomic mass is 32.1. The minimum absolute atomic E-state index is 0.724. The van der Waals surface area contributed by atoms with Crippen molar-refractivity contribution in [3.8, 4) is 17.1 Å². The highest BCUT2D eigenvalue weighted by Crippen LogP contribution is 2.35. The summed E-state index contributed by atoms with van der Waals surface area (Å²) in [6.45, 7) is 4.22. The SMILES string of the molecule is CCc1cc2c(Nc3cc(C)ccc3OC)nc(-c3ccccc3)nc2s1. The van der Waals surface area contributed by atoms with E-state index in [1.54, 1.807) is 18.4 Å². The molecule has 5 heteroatoms. The number of ether oxygens (including phenoxy) is 1. The fourth-order valence-electron chi connectivity index (χ4n) is 3.00. The number of rotatable bonds is 5. The number of aromatic nitrogens is 2. The van der Waals surface area contributed by atoms with Crippen molar-refractivity contribution in [2.75, 3.05) is 12.4 Å². The van der Waals surface area contributed by atoms with Gasteiger partial charge in [-0.2, -0.15) is 0 Å². The fourth-order valence-corrected chi connectivity index (χ4v) is 3.97. The van der Waals surface area contributed by atoms with Gasteiger partial charge in [-0.25, -0.2) is 9.97 Å². The van der Waals surface area contributed by atoms with Crippen molar-refractivity contribution in [2.24, 2.45) is 0 Å². The van der Waals surface area contributed by atoms with Gasteiger partial charge < -0.3 is 10.1 Å². The second-order valence-corrected chi connectivity index (χ2v) is 7.49. The van der Waals surface area contributed by atoms with Gasteiger partial charge in [0.1, 0.15) is 16.4 Å². The summed E-state index contributed by atoms with van der Waals surface area (Å²) < 4.78 is 5.52. The molecule has 4 nitrogen and oxygen atoms in total. The van der Waals surface area contributed by atoms with E-state index >= 15 is 0 Å². The van der Waals surface area contributed by atoms with E-state index in [1.807, 2.05) is 42.5 Å². The molecule has 0 unspecified atom stereocenters. The van der Waals surface area contributed by atoms with Crippen LogP contribution in [0.2, 0.25) is 0 Å². The van der Waals surface area contributed by atoms with Gasteiger partial charge in [0.05, 0.1) is 18.2 Å². The Morgan fingerprint density at radius 2 is 1.85 bits per heavy atom. The molecule has 4 aromatic rings. The van der Waals surface area contributed by atoms with Gasteiger partial charge in [0.25, 0.3) is 0 Å². The molecule has 136 valence electrons. The average Bonchev–Trinajstić information content (AvgIpc) is 3.12. The van der Waals surface area contributed by atoms with E-state index in [0.717, 1.165) is 50.8 Å². The molecule has 0 radical (unpaired) electrons. The maximum Gasteiger partial charge on any atom is 0.163 e. The predicted molar refractivity (Wildman–Crippen MR) is 113 cm³/mol. The molecule has 27 heavy (non-hydrogen) atoms. The van der Waals surface area contributed by atoms with E-state index in [0.29, 0.717) is 0 Å². The lowest BCUT2D eigenvalue weighted by molar-refractivity contribution is 0.416. The van der Waals surface area contributed by atoms with Crippen LogP contribution in [0.15, 0.2) is 54.6 Å². The topological polar surface area (TPSA) is 47.0 Å². The lowest BCUT2D eigenvalue weighted by atomic mass is 10.2. The molecule has 0 spiro atoms. The molecule has 0 fully saturated rings. The maximum absolute atomic E-state index is 5.52. The van der Waals surface area contributed by atoms with Crippen molar-refractivity contribution in [1.82, 2.24) is 9.97 Å². The average molecular weight is 375 g/mol. The first-order chi connectivity index (χ1) is 13.2. The molecule has 2 heterocycles. The van der Waals surface area contributed by atoms with Gasteiger partial charge in [0.15, 0.2) is 5.82 Å². The Morgan fingerprint density at radius 3 is 2.59 bits per heavy atom. The van der Waals surface area contributed by atoms with Crippen LogP contribution in [0.4, 0.5) is 11.5 Å². The predicted octanol–water partition coefficient (Wildman–Crippen LogP) is 5.98. The number of hydrogen-bond acceptors (Lipinski definition) is 5. The van der Waals surface area contributed by atoms with Crippen molar-refractivity contribution in [2.45, 2.75) is 20.3 Å². The third kappa shape index (κ3) is 3.51. The van der Waals surface area contributed by atoms with Crippen molar-refractivity contribution in [3.05, 3.63) is 65.0 Å². The van der Waals surface area contributed by atoms with Crippen LogP contribution in [0, 0.1) is 6.92 Å². The van der Waals surface area contributed by atoms with Gasteiger partial charge >= 0.3 is 0 Å². The van der Waals surface area contributed by atoms with Crippen LogP contribution in [0.1, 0.15) is 17.4 Å². The summed E-state index contributed by atoms with van der Waals surface area (Å²) in [7, 11) is 1.68. The Labute approximate surface area is 162 Å². The first kappa shape index (κ1) is 17.5. The standard InChI is InChI=1S/C22H21N3OS/c1-4-16-13-17-21(23-18-12-14(2)10-11-19(18)26-3)24-20(25-22(17)27-16)15-8-6-5-7-9-15/h5-13H,4H2,1-3H3,(H,23,24,25). The smallest absolute Gasteiger partial charge is 0.163 e. The van der Waals surface area contributed by atoms with Crippen LogP contribution in [-0.4, -0.2) is 17.1 Å². The summed E-state index contributed by atoms with van der Waals surface area (Å²) in [5.41, 5.74) is 3.07. The Morgan fingerprint density at radius 1 is 1.04 bits per heavy atom. The fraction of sp³-hybridized carbons (Fsp3) is 0.182. The summed E-state index contributed by atoms with van der Waals surface area (Å²) in [6, 6.07) is 18.3. The molecular formula is C22H21N3OS. The minimum Gasteiger partial charge on any atom is -0.495 e. The summed E-state index contributed by atoms with van der Waals surface area (Å²) in [4.78, 5) is 12.0. The molecule has 4 rings (SSSR count). The maximum atomic E-state index is 5.52. The summed E-state index contributed by atoms with van der Waals surface area (Å²) >= 11 is 1.72. The zero-order valence-electron chi connectivity index (χ0n) is 15.6. The van der Waals surface area contributed by atoms with Gasteiger partial charge in [-0.1, -0.05) is 43.3 Å². The van der Waals surface area contributed by atoms with Crippen molar-refractivity contribution < 1.29 is 4.74 Å². The van der Waals surface area contributed by atoms with E-state index in [1.165, 1.54) is 4.88 Å². The van der Waals surface area contributed by atoms with Gasteiger partial charge in [0.2, 0.25) is 0 Å². The third-order valence-corrected chi connectivity index (χ3v) is 5.61. The van der Waals surface area contributed by atoms with Crippen LogP contribution >= 0.6 is 11.3 Å². The van der Waals surface area contributed by atoms with Crippen LogP contribution < -0.4 is 10.1 Å². The molecule has 0 aliphatic carbocycles. The number of hydrogen-bond donors (Lipinski definition) is 1. The molecule has 0 atom stereocenters. The Kier molecular flexibility index (Phi) is 4.77. The number of thiophene rings is 1. The van der Waals surface area contributed by atoms with Gasteiger partial charge in [-0.05, 0) is 37.1 Å². The largest absolute Gasteiger partial charge is 0.495 e. The second-order valence-electron chi connectivity index (χ2n) is 6.38. The highest BCUT2D eigenvalue weighted by Gasteiger charge is 2.14. The number of nitrogens with zero attached hydrogens (tertiary/aromatic N) is 2. The number of benzene rings is 2. The molecule has 2 aromatic carbocycles. The lowest BCUT2D eigenvalue weighted by Gasteiger charge is -2.13. The molecule has 2 aromatic heterocycles. The first-order valence-corrected chi connectivity index (χ1v) is 9.77. The molecule has 0 saturated carbocycles. The molecule has 0 saturated heterocycles. The first-order valence-electron chi connectivity index (χ1n) is 8.95. The number of fused-ring (bicyclic) bond motifs is 1. The highest BCUT2D eigenvalue weighted by molar-refractivity contribution is 7.18. The summed E-state index contributed by atoms with van der Waals surface area (Å²) in [5, 5.41) is 4.53. The number of aryl methyl sites for hydroxylation is 2. The van der Waals surface area contributed by atoms with E-state index in [-0.39, 0.29) is 0 Å². The Balaban J connectivity index is 1.88. The molecule has 0 amide bonds. The lowest BCUT2D eigenvalue weighted by Crippen LogP contribution is -2.00. The quantitative estimate of drug-likeness (QED) is 0.466. The van der Waals surface area contributed by atoms with Gasteiger partial charge in [-0.3, -0.25) is 0 Å². The normalized spacial score (nSPS) is 10.9. The molecule has 0 bridgehead atoms. The van der Waals surface area contributed by atoms with Crippen LogP contribution in [-0.2, 0) is 6.42 Å². The monoisotopic (exact) mass is 375 g/mol. The van der Waals surface area contributed by atoms with E-state index in [4.69, 9.17) is 14.7 Å². The molecule has 0 aliphatic rings. The van der Waals surface area contributed by atoms with Gasteiger partial charge in [-0.15, -0.1) is 11.3 Å². The number of methoxy groups -OCH3 is 1. The van der Waals surface area contributed by atoms with Crippen molar-refractivity contribution >= 4 is 33.1 Å². The molecule has 1 N–H and O–H groups in total.